The number of hydrogen-bond donors (Lipinski definition) is 1. The summed E-state index contributed by atoms with van der Waals surface area (Å²) in [6.45, 7) is 5.71. The van der Waals surface area contributed by atoms with Crippen molar-refractivity contribution in [3.63, 3.8) is 0 Å². The van der Waals surface area contributed by atoms with Crippen LogP contribution in [0.5, 0.6) is 0 Å². The first-order chi connectivity index (χ1) is 10.2. The van der Waals surface area contributed by atoms with E-state index in [0.29, 0.717) is 11.5 Å². The third-order valence-electron chi connectivity index (χ3n) is 4.63. The second-order valence-electron chi connectivity index (χ2n) is 6.47. The quantitative estimate of drug-likeness (QED) is 0.917. The minimum Gasteiger partial charge on any atom is -0.310 e. The smallest absolute Gasteiger partial charge is 0.143 e. The molecular weight excluding hydrogens is 262 g/mol. The van der Waals surface area contributed by atoms with Crippen LogP contribution in [0.1, 0.15) is 51.1 Å². The van der Waals surface area contributed by atoms with Crippen molar-refractivity contribution in [3.8, 4) is 5.69 Å². The Kier molecular flexibility index (Phi) is 4.01. The molecule has 1 fully saturated rings. The number of nitrogens with one attached hydrogen (secondary N) is 1. The van der Waals surface area contributed by atoms with Gasteiger partial charge in [0.05, 0.1) is 5.69 Å². The van der Waals surface area contributed by atoms with Gasteiger partial charge in [0, 0.05) is 12.6 Å². The zero-order valence-corrected chi connectivity index (χ0v) is 12.8. The fourth-order valence-corrected chi connectivity index (χ4v) is 3.14. The second-order valence-corrected chi connectivity index (χ2v) is 6.47. The van der Waals surface area contributed by atoms with E-state index >= 15 is 0 Å². The molecule has 1 unspecified atom stereocenters. The molecule has 3 rings (SSSR count). The minimum absolute atomic E-state index is 0.332. The first kappa shape index (κ1) is 14.2. The number of rotatable bonds is 5. The molecule has 0 saturated heterocycles. The van der Waals surface area contributed by atoms with Crippen molar-refractivity contribution >= 4 is 0 Å². The van der Waals surface area contributed by atoms with E-state index in [1.807, 2.05) is 6.07 Å². The van der Waals surface area contributed by atoms with Gasteiger partial charge in [-0.05, 0) is 53.3 Å². The Bertz CT molecular complexity index is 572. The van der Waals surface area contributed by atoms with Crippen LogP contribution in [-0.4, -0.2) is 26.8 Å². The number of aromatic nitrogens is 4. The van der Waals surface area contributed by atoms with Gasteiger partial charge >= 0.3 is 0 Å². The SMILES string of the molecule is CC(NCC1(C)CCCC1)c1cccc(-n2cnnn2)c1. The molecular formula is C16H23N5. The van der Waals surface area contributed by atoms with Crippen LogP contribution in [0.2, 0.25) is 0 Å². The van der Waals surface area contributed by atoms with Crippen molar-refractivity contribution in [2.45, 2.75) is 45.6 Å². The zero-order valence-electron chi connectivity index (χ0n) is 12.8. The van der Waals surface area contributed by atoms with E-state index in [1.54, 1.807) is 11.0 Å². The Hall–Kier alpha value is -1.75. The van der Waals surface area contributed by atoms with E-state index < -0.39 is 0 Å². The van der Waals surface area contributed by atoms with E-state index in [0.717, 1.165) is 12.2 Å². The molecule has 1 aromatic carbocycles. The Morgan fingerprint density at radius 2 is 2.14 bits per heavy atom. The highest BCUT2D eigenvalue weighted by Crippen LogP contribution is 2.37. The van der Waals surface area contributed by atoms with Gasteiger partial charge in [0.25, 0.3) is 0 Å². The predicted molar refractivity (Wildman–Crippen MR) is 82.1 cm³/mol. The topological polar surface area (TPSA) is 55.6 Å². The van der Waals surface area contributed by atoms with E-state index in [2.05, 4.69) is 52.9 Å². The molecule has 2 aromatic rings. The van der Waals surface area contributed by atoms with E-state index in [1.165, 1.54) is 31.2 Å². The molecule has 1 N–H and O–H groups in total. The van der Waals surface area contributed by atoms with E-state index in [9.17, 15) is 0 Å². The van der Waals surface area contributed by atoms with Gasteiger partial charge in [-0.3, -0.25) is 0 Å². The summed E-state index contributed by atoms with van der Waals surface area (Å²) in [6.07, 6.45) is 7.06. The molecule has 1 aliphatic carbocycles. The molecule has 0 spiro atoms. The van der Waals surface area contributed by atoms with Gasteiger partial charge in [0.2, 0.25) is 0 Å². The lowest BCUT2D eigenvalue weighted by Crippen LogP contribution is -2.31. The first-order valence-electron chi connectivity index (χ1n) is 7.73. The van der Waals surface area contributed by atoms with Gasteiger partial charge in [-0.25, -0.2) is 4.68 Å². The average Bonchev–Trinajstić information content (AvgIpc) is 3.17. The van der Waals surface area contributed by atoms with E-state index in [4.69, 9.17) is 0 Å². The molecule has 5 heteroatoms. The molecule has 0 bridgehead atoms. The van der Waals surface area contributed by atoms with Crippen LogP contribution in [0.25, 0.3) is 5.69 Å². The molecule has 0 aliphatic heterocycles. The van der Waals surface area contributed by atoms with Crippen LogP contribution < -0.4 is 5.32 Å². The summed E-state index contributed by atoms with van der Waals surface area (Å²) >= 11 is 0. The normalized spacial score (nSPS) is 18.8. The number of hydrogen-bond acceptors (Lipinski definition) is 4. The van der Waals surface area contributed by atoms with Crippen LogP contribution in [0.3, 0.4) is 0 Å². The average molecular weight is 285 g/mol. The lowest BCUT2D eigenvalue weighted by atomic mass is 9.88. The lowest BCUT2D eigenvalue weighted by Gasteiger charge is -2.26. The summed E-state index contributed by atoms with van der Waals surface area (Å²) in [5, 5.41) is 15.0. The zero-order chi connectivity index (χ0) is 14.7. The molecule has 1 saturated carbocycles. The molecule has 1 heterocycles. The molecule has 1 aliphatic rings. The van der Waals surface area contributed by atoms with Gasteiger partial charge in [-0.15, -0.1) is 5.10 Å². The van der Waals surface area contributed by atoms with Gasteiger partial charge < -0.3 is 5.32 Å². The Morgan fingerprint density at radius 1 is 1.33 bits per heavy atom. The van der Waals surface area contributed by atoms with Crippen LogP contribution in [0.15, 0.2) is 30.6 Å². The fourth-order valence-electron chi connectivity index (χ4n) is 3.14. The van der Waals surface area contributed by atoms with E-state index in [-0.39, 0.29) is 0 Å². The Labute approximate surface area is 125 Å². The maximum absolute atomic E-state index is 3.94. The highest BCUT2D eigenvalue weighted by Gasteiger charge is 2.28. The van der Waals surface area contributed by atoms with Gasteiger partial charge in [0.15, 0.2) is 0 Å². The highest BCUT2D eigenvalue weighted by atomic mass is 15.5. The molecule has 5 nitrogen and oxygen atoms in total. The summed E-state index contributed by atoms with van der Waals surface area (Å²) in [7, 11) is 0. The molecule has 21 heavy (non-hydrogen) atoms. The summed E-state index contributed by atoms with van der Waals surface area (Å²) in [5.41, 5.74) is 2.74. The summed E-state index contributed by atoms with van der Waals surface area (Å²) < 4.78 is 1.69. The van der Waals surface area contributed by atoms with Crippen LogP contribution >= 0.6 is 0 Å². The largest absolute Gasteiger partial charge is 0.310 e. The third-order valence-corrected chi connectivity index (χ3v) is 4.63. The second kappa shape index (κ2) is 5.93. The van der Waals surface area contributed by atoms with Gasteiger partial charge in [0.1, 0.15) is 6.33 Å². The Balaban J connectivity index is 1.67. The third kappa shape index (κ3) is 3.29. The van der Waals surface area contributed by atoms with Crippen molar-refractivity contribution in [3.05, 3.63) is 36.2 Å². The molecule has 112 valence electrons. The van der Waals surface area contributed by atoms with Crippen molar-refractivity contribution in [2.24, 2.45) is 5.41 Å². The van der Waals surface area contributed by atoms with Crippen molar-refractivity contribution < 1.29 is 0 Å². The van der Waals surface area contributed by atoms with Gasteiger partial charge in [-0.2, -0.15) is 0 Å². The number of nitrogens with zero attached hydrogens (tertiary/aromatic N) is 4. The molecule has 0 radical (unpaired) electrons. The number of benzene rings is 1. The summed E-state index contributed by atoms with van der Waals surface area (Å²) in [4.78, 5) is 0. The van der Waals surface area contributed by atoms with Crippen molar-refractivity contribution in [1.82, 2.24) is 25.5 Å². The number of tetrazole rings is 1. The van der Waals surface area contributed by atoms with Crippen molar-refractivity contribution in [1.29, 1.82) is 0 Å². The molecule has 1 atom stereocenters. The molecule has 0 amide bonds. The predicted octanol–water partition coefficient (Wildman–Crippen LogP) is 2.89. The Morgan fingerprint density at radius 3 is 2.86 bits per heavy atom. The maximum atomic E-state index is 3.94. The minimum atomic E-state index is 0.332. The van der Waals surface area contributed by atoms with Gasteiger partial charge in [-0.1, -0.05) is 31.9 Å². The maximum Gasteiger partial charge on any atom is 0.143 e. The van der Waals surface area contributed by atoms with Crippen LogP contribution in [0, 0.1) is 5.41 Å². The molecule has 1 aromatic heterocycles. The highest BCUT2D eigenvalue weighted by molar-refractivity contribution is 5.35. The fraction of sp³-hybridized carbons (Fsp3) is 0.562. The van der Waals surface area contributed by atoms with Crippen LogP contribution in [-0.2, 0) is 0 Å². The summed E-state index contributed by atoms with van der Waals surface area (Å²) in [6, 6.07) is 8.71. The summed E-state index contributed by atoms with van der Waals surface area (Å²) in [5.74, 6) is 0. The van der Waals surface area contributed by atoms with Crippen LogP contribution in [0.4, 0.5) is 0 Å². The van der Waals surface area contributed by atoms with Crippen molar-refractivity contribution in [2.75, 3.05) is 6.54 Å². The standard InChI is InChI=1S/C16H23N5/c1-13(17-11-16(2)8-3-4-9-16)14-6-5-7-15(10-14)21-12-18-19-20-21/h5-7,10,12-13,17H,3-4,8-9,11H2,1-2H3. The monoisotopic (exact) mass is 285 g/mol. The lowest BCUT2D eigenvalue weighted by molar-refractivity contribution is 0.302. The first-order valence-corrected chi connectivity index (χ1v) is 7.73.